The second-order valence-corrected chi connectivity index (χ2v) is 5.84. The number of ketones is 1. The van der Waals surface area contributed by atoms with E-state index in [0.717, 1.165) is 21.9 Å². The van der Waals surface area contributed by atoms with Crippen molar-refractivity contribution in [3.05, 3.63) is 89.3 Å². The van der Waals surface area contributed by atoms with Gasteiger partial charge < -0.3 is 10.6 Å². The van der Waals surface area contributed by atoms with E-state index in [1.807, 2.05) is 72.1 Å². The molecule has 3 nitrogen and oxygen atoms in total. The molecule has 0 fully saturated rings. The number of thiophene rings is 1. The standard InChI is InChI=1S/C19H16N2OS/c22-18(19-7-4-14-23-19)12-13-20-15-8-10-17(11-9-15)21-16-5-2-1-3-6-16/h1-14,20-21H. The van der Waals surface area contributed by atoms with E-state index in [0.29, 0.717) is 0 Å². The molecule has 4 heteroatoms. The highest BCUT2D eigenvalue weighted by Gasteiger charge is 2.01. The summed E-state index contributed by atoms with van der Waals surface area (Å²) in [7, 11) is 0. The molecule has 0 unspecified atom stereocenters. The van der Waals surface area contributed by atoms with Crippen molar-refractivity contribution in [3.63, 3.8) is 0 Å². The second kappa shape index (κ2) is 7.42. The molecule has 0 amide bonds. The lowest BCUT2D eigenvalue weighted by Crippen LogP contribution is -1.94. The Morgan fingerprint density at radius 2 is 1.52 bits per heavy atom. The zero-order chi connectivity index (χ0) is 15.9. The zero-order valence-electron chi connectivity index (χ0n) is 12.4. The Balaban J connectivity index is 1.56. The van der Waals surface area contributed by atoms with Gasteiger partial charge in [-0.3, -0.25) is 4.79 Å². The molecule has 1 heterocycles. The minimum Gasteiger partial charge on any atom is -0.362 e. The summed E-state index contributed by atoms with van der Waals surface area (Å²) in [4.78, 5) is 12.6. The Morgan fingerprint density at radius 1 is 0.826 bits per heavy atom. The van der Waals surface area contributed by atoms with Crippen molar-refractivity contribution in [1.29, 1.82) is 0 Å². The quantitative estimate of drug-likeness (QED) is 0.478. The Labute approximate surface area is 139 Å². The minimum atomic E-state index is 0.00913. The topological polar surface area (TPSA) is 41.1 Å². The monoisotopic (exact) mass is 320 g/mol. The SMILES string of the molecule is O=C(C=CNc1ccc(Nc2ccccc2)cc1)c1cccs1. The second-order valence-electron chi connectivity index (χ2n) is 4.89. The molecule has 0 aliphatic heterocycles. The molecule has 0 saturated carbocycles. The smallest absolute Gasteiger partial charge is 0.197 e. The van der Waals surface area contributed by atoms with E-state index in [4.69, 9.17) is 0 Å². The number of carbonyl (C=O) groups is 1. The van der Waals surface area contributed by atoms with Gasteiger partial charge in [0.15, 0.2) is 5.78 Å². The highest BCUT2D eigenvalue weighted by molar-refractivity contribution is 7.12. The maximum Gasteiger partial charge on any atom is 0.197 e. The van der Waals surface area contributed by atoms with Crippen LogP contribution in [0, 0.1) is 0 Å². The molecule has 2 N–H and O–H groups in total. The molecule has 3 rings (SSSR count). The molecule has 0 aliphatic rings. The summed E-state index contributed by atoms with van der Waals surface area (Å²) in [5.74, 6) is 0.00913. The molecule has 114 valence electrons. The summed E-state index contributed by atoms with van der Waals surface area (Å²) >= 11 is 1.44. The first-order valence-corrected chi connectivity index (χ1v) is 8.12. The van der Waals surface area contributed by atoms with Crippen molar-refractivity contribution in [1.82, 2.24) is 0 Å². The number of para-hydroxylation sites is 1. The lowest BCUT2D eigenvalue weighted by molar-refractivity contribution is 0.105. The first-order valence-electron chi connectivity index (χ1n) is 7.24. The van der Waals surface area contributed by atoms with Gasteiger partial charge >= 0.3 is 0 Å². The molecule has 1 aromatic heterocycles. The van der Waals surface area contributed by atoms with Gasteiger partial charge in [0.05, 0.1) is 4.88 Å². The van der Waals surface area contributed by atoms with Crippen molar-refractivity contribution >= 4 is 34.2 Å². The summed E-state index contributed by atoms with van der Waals surface area (Å²) < 4.78 is 0. The third-order valence-corrected chi connectivity index (χ3v) is 4.08. The van der Waals surface area contributed by atoms with Crippen molar-refractivity contribution in [2.24, 2.45) is 0 Å². The lowest BCUT2D eigenvalue weighted by atomic mass is 10.2. The fourth-order valence-corrected chi connectivity index (χ4v) is 2.70. The molecular formula is C19H16N2OS. The zero-order valence-corrected chi connectivity index (χ0v) is 13.2. The van der Waals surface area contributed by atoms with E-state index in [2.05, 4.69) is 10.6 Å². The number of hydrogen-bond acceptors (Lipinski definition) is 4. The molecule has 0 aliphatic carbocycles. The van der Waals surface area contributed by atoms with Crippen LogP contribution in [0.3, 0.4) is 0 Å². The predicted octanol–water partition coefficient (Wildman–Crippen LogP) is 5.30. The van der Waals surface area contributed by atoms with E-state index in [1.54, 1.807) is 12.3 Å². The van der Waals surface area contributed by atoms with Crippen LogP contribution in [0.4, 0.5) is 17.1 Å². The highest BCUT2D eigenvalue weighted by atomic mass is 32.1. The van der Waals surface area contributed by atoms with Crippen LogP contribution < -0.4 is 10.6 Å². The summed E-state index contributed by atoms with van der Waals surface area (Å²) in [5.41, 5.74) is 2.99. The summed E-state index contributed by atoms with van der Waals surface area (Å²) in [6.07, 6.45) is 3.21. The fourth-order valence-electron chi connectivity index (χ4n) is 2.05. The van der Waals surface area contributed by atoms with E-state index in [1.165, 1.54) is 11.3 Å². The molecule has 23 heavy (non-hydrogen) atoms. The van der Waals surface area contributed by atoms with Gasteiger partial charge in [-0.2, -0.15) is 0 Å². The van der Waals surface area contributed by atoms with Crippen LogP contribution >= 0.6 is 11.3 Å². The van der Waals surface area contributed by atoms with Crippen LogP contribution in [-0.4, -0.2) is 5.78 Å². The van der Waals surface area contributed by atoms with E-state index in [9.17, 15) is 4.79 Å². The van der Waals surface area contributed by atoms with Gasteiger partial charge in [0.25, 0.3) is 0 Å². The molecule has 2 aromatic carbocycles. The number of anilines is 3. The van der Waals surface area contributed by atoms with E-state index >= 15 is 0 Å². The molecule has 0 saturated heterocycles. The largest absolute Gasteiger partial charge is 0.362 e. The molecule has 0 atom stereocenters. The molecule has 0 spiro atoms. The number of benzene rings is 2. The number of rotatable bonds is 6. The summed E-state index contributed by atoms with van der Waals surface area (Å²) in [5, 5.41) is 8.33. The van der Waals surface area contributed by atoms with Gasteiger partial charge in [-0.1, -0.05) is 24.3 Å². The number of hydrogen-bond donors (Lipinski definition) is 2. The minimum absolute atomic E-state index is 0.00913. The number of nitrogens with one attached hydrogen (secondary N) is 2. The van der Waals surface area contributed by atoms with Gasteiger partial charge in [0.2, 0.25) is 0 Å². The number of carbonyl (C=O) groups excluding carboxylic acids is 1. The average molecular weight is 320 g/mol. The summed E-state index contributed by atoms with van der Waals surface area (Å²) in [6, 6.07) is 21.6. The van der Waals surface area contributed by atoms with Crippen LogP contribution in [0.2, 0.25) is 0 Å². The molecule has 0 bridgehead atoms. The van der Waals surface area contributed by atoms with Gasteiger partial charge in [-0.05, 0) is 47.8 Å². The highest BCUT2D eigenvalue weighted by Crippen LogP contribution is 2.18. The average Bonchev–Trinajstić information content (AvgIpc) is 3.12. The normalized spacial score (nSPS) is 10.6. The van der Waals surface area contributed by atoms with E-state index in [-0.39, 0.29) is 5.78 Å². The van der Waals surface area contributed by atoms with Gasteiger partial charge in [-0.25, -0.2) is 0 Å². The maximum atomic E-state index is 11.8. The van der Waals surface area contributed by atoms with Crippen molar-refractivity contribution in [3.8, 4) is 0 Å². The van der Waals surface area contributed by atoms with Gasteiger partial charge in [0.1, 0.15) is 0 Å². The van der Waals surface area contributed by atoms with Crippen LogP contribution in [0.25, 0.3) is 0 Å². The molecular weight excluding hydrogens is 304 g/mol. The summed E-state index contributed by atoms with van der Waals surface area (Å²) in [6.45, 7) is 0. The number of allylic oxidation sites excluding steroid dienone is 1. The van der Waals surface area contributed by atoms with E-state index < -0.39 is 0 Å². The predicted molar refractivity (Wildman–Crippen MR) is 97.6 cm³/mol. The Morgan fingerprint density at radius 3 is 2.22 bits per heavy atom. The van der Waals surface area contributed by atoms with Crippen molar-refractivity contribution in [2.45, 2.75) is 0 Å². The van der Waals surface area contributed by atoms with Crippen molar-refractivity contribution in [2.75, 3.05) is 10.6 Å². The van der Waals surface area contributed by atoms with Crippen LogP contribution in [-0.2, 0) is 0 Å². The third kappa shape index (κ3) is 4.31. The first kappa shape index (κ1) is 15.1. The van der Waals surface area contributed by atoms with Gasteiger partial charge in [-0.15, -0.1) is 11.3 Å². The van der Waals surface area contributed by atoms with Crippen LogP contribution in [0.15, 0.2) is 84.4 Å². The molecule has 0 radical (unpaired) electrons. The first-order chi connectivity index (χ1) is 11.3. The van der Waals surface area contributed by atoms with Crippen molar-refractivity contribution < 1.29 is 4.79 Å². The lowest BCUT2D eigenvalue weighted by Gasteiger charge is -2.07. The van der Waals surface area contributed by atoms with Crippen LogP contribution in [0.1, 0.15) is 9.67 Å². The fraction of sp³-hybridized carbons (Fsp3) is 0. The third-order valence-electron chi connectivity index (χ3n) is 3.20. The Kier molecular flexibility index (Phi) is 4.86. The molecule has 3 aromatic rings. The Bertz CT molecular complexity index is 778. The maximum absolute atomic E-state index is 11.8. The van der Waals surface area contributed by atoms with Crippen LogP contribution in [0.5, 0.6) is 0 Å². The Hall–Kier alpha value is -2.85. The van der Waals surface area contributed by atoms with Gasteiger partial charge in [0, 0.05) is 29.3 Å².